The smallest absolute Gasteiger partial charge is 0.329 e. The molecule has 0 bridgehead atoms. The first-order chi connectivity index (χ1) is 25.5. The molecule has 1 fully saturated rings. The average molecular weight is 843 g/mol. The van der Waals surface area contributed by atoms with Crippen LogP contribution in [0.15, 0.2) is 54.3 Å². The Morgan fingerprint density at radius 1 is 0.944 bits per heavy atom. The highest BCUT2D eigenvalue weighted by molar-refractivity contribution is 8.30. The van der Waals surface area contributed by atoms with Crippen molar-refractivity contribution < 1.29 is 56.6 Å². The predicted octanol–water partition coefficient (Wildman–Crippen LogP) is 0.483. The summed E-state index contributed by atoms with van der Waals surface area (Å²) >= 11 is 7.94. The van der Waals surface area contributed by atoms with Gasteiger partial charge in [0.05, 0.1) is 34.2 Å². The number of aliphatic carboxylic acids is 3. The van der Waals surface area contributed by atoms with E-state index in [1.165, 1.54) is 11.8 Å². The van der Waals surface area contributed by atoms with Crippen LogP contribution in [0.1, 0.15) is 19.8 Å². The zero-order valence-electron chi connectivity index (χ0n) is 28.0. The molecule has 2 aliphatic rings. The normalized spacial score (nSPS) is 17.4. The molecule has 3 aromatic rings. The van der Waals surface area contributed by atoms with Crippen LogP contribution in [0, 0.1) is 10.1 Å². The summed E-state index contributed by atoms with van der Waals surface area (Å²) in [6.07, 6.45) is 2.09. The quantitative estimate of drug-likeness (QED) is 0.0922. The third kappa shape index (κ3) is 9.05. The van der Waals surface area contributed by atoms with Gasteiger partial charge in [0.25, 0.3) is 27.1 Å². The number of hydrogen-bond donors (Lipinski definition) is 4. The maximum Gasteiger partial charge on any atom is 0.329 e. The van der Waals surface area contributed by atoms with Crippen molar-refractivity contribution >= 4 is 101 Å². The van der Waals surface area contributed by atoms with Crippen LogP contribution in [0.25, 0.3) is 10.5 Å². The molecule has 0 spiro atoms. The van der Waals surface area contributed by atoms with Gasteiger partial charge in [0.2, 0.25) is 11.0 Å². The van der Waals surface area contributed by atoms with Crippen molar-refractivity contribution in [2.45, 2.75) is 37.8 Å². The lowest BCUT2D eigenvalue weighted by molar-refractivity contribution is -0.142. The number of carbonyl (C=O) groups is 4. The van der Waals surface area contributed by atoms with Crippen molar-refractivity contribution in [3.63, 3.8) is 0 Å². The van der Waals surface area contributed by atoms with E-state index < -0.39 is 81.5 Å². The first-order valence-corrected chi connectivity index (χ1v) is 20.2. The Balaban J connectivity index is 1.78. The number of fused-ring (bicyclic) bond motifs is 1. The van der Waals surface area contributed by atoms with Crippen molar-refractivity contribution in [3.8, 4) is 0 Å². The van der Waals surface area contributed by atoms with Crippen LogP contribution in [0.2, 0.25) is 0 Å². The molecule has 2 aromatic heterocycles. The molecule has 2 aliphatic heterocycles. The molecular weight excluding hydrogens is 813 g/mol. The molecule has 288 valence electrons. The van der Waals surface area contributed by atoms with Crippen LogP contribution in [-0.2, 0) is 47.1 Å². The van der Waals surface area contributed by atoms with E-state index in [9.17, 15) is 52.0 Å². The molecule has 54 heavy (non-hydrogen) atoms. The average Bonchev–Trinajstić information content (AvgIpc) is 3.79. The number of allylic oxidation sites excluding steroid dienone is 1. The van der Waals surface area contributed by atoms with Crippen LogP contribution in [0.4, 0.5) is 5.69 Å². The highest BCUT2D eigenvalue weighted by atomic mass is 32.2. The summed E-state index contributed by atoms with van der Waals surface area (Å²) in [6, 6.07) is 7.34. The summed E-state index contributed by atoms with van der Waals surface area (Å²) in [5.74, 6) is -5.55. The van der Waals surface area contributed by atoms with Gasteiger partial charge in [0, 0.05) is 11.4 Å². The van der Waals surface area contributed by atoms with Crippen molar-refractivity contribution in [1.29, 1.82) is 0 Å². The summed E-state index contributed by atoms with van der Waals surface area (Å²) in [4.78, 5) is 78.7. The lowest BCUT2D eigenvalue weighted by Gasteiger charge is -2.20. The van der Waals surface area contributed by atoms with E-state index in [1.54, 1.807) is 19.1 Å². The molecule has 0 atom stereocenters. The van der Waals surface area contributed by atoms with E-state index in [0.717, 1.165) is 31.4 Å². The molecule has 0 unspecified atom stereocenters. The molecule has 0 saturated carbocycles. The number of amides is 1. The number of carbonyl (C=O) groups excluding carboxylic acids is 1. The van der Waals surface area contributed by atoms with E-state index in [0.29, 0.717) is 26.9 Å². The number of nitrogens with zero attached hydrogens (tertiary/aromatic N) is 4. The largest absolute Gasteiger partial charge is 0.480 e. The van der Waals surface area contributed by atoms with E-state index in [1.807, 2.05) is 23.1 Å². The SMILES string of the molecule is CCC(C=C1Sc2ccccc2N1CCCS(=O)(=O)O)=c1s/c(=c2/oc(=C3SC(=S)N(CC(=O)O)C3=O)n(CC(=O)O)c2=O)n(CCOCC(=O)O)c1=O. The van der Waals surface area contributed by atoms with Crippen LogP contribution in [0.5, 0.6) is 0 Å². The van der Waals surface area contributed by atoms with Gasteiger partial charge in [-0.25, -0.2) is 4.79 Å². The fourth-order valence-electron chi connectivity index (χ4n) is 5.37. The molecular formula is C31H30N4O14S5. The monoisotopic (exact) mass is 842 g/mol. The number of anilines is 1. The Bertz CT molecular complexity index is 2550. The number of carboxylic acid groups (broad SMARTS) is 3. The molecule has 1 saturated heterocycles. The Labute approximate surface area is 321 Å². The number of para-hydroxylation sites is 1. The van der Waals surface area contributed by atoms with Crippen LogP contribution >= 0.6 is 47.1 Å². The predicted molar refractivity (Wildman–Crippen MR) is 200 cm³/mol. The maximum absolute atomic E-state index is 14.2. The van der Waals surface area contributed by atoms with Crippen LogP contribution in [-0.4, -0.2) is 103 Å². The molecule has 0 aliphatic carbocycles. The van der Waals surface area contributed by atoms with Crippen molar-refractivity contribution in [1.82, 2.24) is 14.0 Å². The molecule has 1 aromatic carbocycles. The van der Waals surface area contributed by atoms with Crippen LogP contribution in [0.3, 0.4) is 0 Å². The second-order valence-electron chi connectivity index (χ2n) is 11.4. The Morgan fingerprint density at radius 3 is 2.30 bits per heavy atom. The van der Waals surface area contributed by atoms with Gasteiger partial charge in [-0.3, -0.25) is 42.6 Å². The number of thiazole rings is 1. The fraction of sp³-hybridized carbons (Fsp3) is 0.323. The second kappa shape index (κ2) is 16.9. The van der Waals surface area contributed by atoms with E-state index in [2.05, 4.69) is 0 Å². The Kier molecular flexibility index (Phi) is 12.7. The molecule has 1 amide bonds. The second-order valence-corrected chi connectivity index (χ2v) is 16.6. The number of ether oxygens (including phenoxy) is 1. The number of thioether (sulfide) groups is 2. The Hall–Kier alpha value is -4.52. The zero-order valence-corrected chi connectivity index (χ0v) is 32.0. The lowest BCUT2D eigenvalue weighted by atomic mass is 10.2. The number of benzene rings is 1. The summed E-state index contributed by atoms with van der Waals surface area (Å²) in [5, 5.41) is 28.6. The minimum Gasteiger partial charge on any atom is -0.480 e. The maximum atomic E-state index is 14.2. The molecule has 5 rings (SSSR count). The van der Waals surface area contributed by atoms with Crippen molar-refractivity contribution in [3.05, 3.63) is 76.2 Å². The van der Waals surface area contributed by atoms with Gasteiger partial charge in [-0.05, 0) is 48.4 Å². The van der Waals surface area contributed by atoms with Gasteiger partial charge >= 0.3 is 17.9 Å². The number of rotatable bonds is 15. The molecule has 23 heteroatoms. The summed E-state index contributed by atoms with van der Waals surface area (Å²) in [7, 11) is -4.23. The van der Waals surface area contributed by atoms with Gasteiger partial charge in [0.1, 0.15) is 33.6 Å². The first kappa shape index (κ1) is 40.7. The van der Waals surface area contributed by atoms with Gasteiger partial charge in [0.15, 0.2) is 0 Å². The minimum absolute atomic E-state index is 0.0842. The summed E-state index contributed by atoms with van der Waals surface area (Å²) < 4.78 is 44.9. The number of oxazole rings is 1. The van der Waals surface area contributed by atoms with E-state index in [-0.39, 0.29) is 51.0 Å². The summed E-state index contributed by atoms with van der Waals surface area (Å²) in [6.45, 7) is -1.07. The topological polar surface area (TPSA) is 256 Å². The van der Waals surface area contributed by atoms with E-state index >= 15 is 0 Å². The standard InChI is InChI=1S/C31H30N4O14S5/c1-2-16(12-19-32(8-5-11-54(45,46)47)17-6-3-4-7-18(17)51-19)24-27(43)33(9-10-48-15-22(40)41)30(52-24)23-26(42)34(13-20(36)37)29(49-23)25-28(44)35(14-21(38)39)31(50)53-25/h3-4,6-7,12H,2,5,8-11,13-15H2,1H3,(H,36,37)(H,38,39)(H,40,41)(H,45,46,47)/b19-12?,24-16?,29-25?,30-23+. The zero-order chi connectivity index (χ0) is 39.5. The third-order valence-corrected chi connectivity index (χ3v) is 12.2. The molecule has 4 N–H and O–H groups in total. The number of thiocarbonyl (C=S) groups is 1. The molecule has 18 nitrogen and oxygen atoms in total. The van der Waals surface area contributed by atoms with Gasteiger partial charge in [-0.15, -0.1) is 11.3 Å². The van der Waals surface area contributed by atoms with Gasteiger partial charge < -0.3 is 29.4 Å². The van der Waals surface area contributed by atoms with Gasteiger partial charge in [-0.1, -0.05) is 43.0 Å². The van der Waals surface area contributed by atoms with Gasteiger partial charge in [-0.2, -0.15) is 8.42 Å². The number of carboxylic acids is 3. The first-order valence-electron chi connectivity index (χ1n) is 15.7. The highest BCUT2D eigenvalue weighted by Gasteiger charge is 2.36. The lowest BCUT2D eigenvalue weighted by Crippen LogP contribution is -2.36. The summed E-state index contributed by atoms with van der Waals surface area (Å²) in [5.41, 5.74) is -1.46. The number of hydrogen-bond acceptors (Lipinski definition) is 15. The molecule has 0 radical (unpaired) electrons. The third-order valence-electron chi connectivity index (χ3n) is 7.67. The fourth-order valence-corrected chi connectivity index (χ4v) is 9.51. The van der Waals surface area contributed by atoms with Crippen molar-refractivity contribution in [2.24, 2.45) is 0 Å². The Morgan fingerprint density at radius 2 is 1.65 bits per heavy atom. The highest BCUT2D eigenvalue weighted by Crippen LogP contribution is 2.46. The van der Waals surface area contributed by atoms with Crippen LogP contribution < -0.4 is 26.1 Å². The number of aromatic nitrogens is 2. The minimum atomic E-state index is -4.23. The van der Waals surface area contributed by atoms with Crippen molar-refractivity contribution in [2.75, 3.05) is 37.0 Å². The molecule has 4 heterocycles. The van der Waals surface area contributed by atoms with E-state index in [4.69, 9.17) is 26.5 Å².